The fraction of sp³-hybridized carbons (Fsp3) is 0.833. The molecule has 0 aromatic rings. The Labute approximate surface area is 131 Å². The Morgan fingerprint density at radius 3 is 1.40 bits per heavy atom. The molecule has 0 aromatic carbocycles. The molecule has 0 aromatic heterocycles. The quantitative estimate of drug-likeness (QED) is 0.275. The van der Waals surface area contributed by atoms with E-state index in [9.17, 15) is 9.59 Å². The van der Waals surface area contributed by atoms with E-state index < -0.39 is 10.6 Å². The highest BCUT2D eigenvalue weighted by atomic mass is 33.1. The van der Waals surface area contributed by atoms with Crippen molar-refractivity contribution in [1.82, 2.24) is 0 Å². The van der Waals surface area contributed by atoms with E-state index >= 15 is 0 Å². The summed E-state index contributed by atoms with van der Waals surface area (Å²) in [6.45, 7) is 8.16. The van der Waals surface area contributed by atoms with E-state index in [1.54, 1.807) is 21.6 Å². The van der Waals surface area contributed by atoms with Crippen molar-refractivity contribution < 1.29 is 19.1 Å². The number of hydrogen-bond acceptors (Lipinski definition) is 6. The summed E-state index contributed by atoms with van der Waals surface area (Å²) in [5.41, 5.74) is 0. The minimum Gasteiger partial charge on any atom is -0.465 e. The van der Waals surface area contributed by atoms with Crippen LogP contribution >= 0.6 is 21.6 Å². The van der Waals surface area contributed by atoms with Gasteiger partial charge in [-0.3, -0.25) is 9.59 Å². The minimum absolute atomic E-state index is 0.179. The average molecular weight is 318 g/mol. The Hall–Kier alpha value is -0.230. The van der Waals surface area contributed by atoms with E-state index in [1.165, 1.54) is 0 Å². The summed E-state index contributed by atoms with van der Waals surface area (Å²) in [4.78, 5) is 22.9. The van der Waals surface area contributed by atoms with Crippen molar-refractivity contribution >= 4 is 49.2 Å². The number of carbonyl (C=O) groups is 2. The van der Waals surface area contributed by atoms with Crippen LogP contribution in [-0.2, 0) is 19.1 Å². The Morgan fingerprint density at radius 1 is 0.850 bits per heavy atom. The third-order valence-corrected chi connectivity index (χ3v) is 4.44. The third-order valence-electron chi connectivity index (χ3n) is 2.11. The lowest BCUT2D eigenvalue weighted by Gasteiger charge is -2.16. The van der Waals surface area contributed by atoms with Crippen molar-refractivity contribution in [1.29, 1.82) is 0 Å². The predicted molar refractivity (Wildman–Crippen MR) is 92.0 cm³/mol. The molecular formula is C12H24B2O4S2. The van der Waals surface area contributed by atoms with Gasteiger partial charge in [-0.15, -0.1) is 0 Å². The van der Waals surface area contributed by atoms with Gasteiger partial charge >= 0.3 is 11.9 Å². The summed E-state index contributed by atoms with van der Waals surface area (Å²) >= 11 is 0. The average Bonchev–Trinajstić information content (AvgIpc) is 2.29. The van der Waals surface area contributed by atoms with Crippen molar-refractivity contribution in [3.63, 3.8) is 0 Å². The zero-order valence-corrected chi connectivity index (χ0v) is 14.9. The first-order chi connectivity index (χ1) is 9.05. The Bertz CT molecular complexity index is 292. The number of esters is 2. The molecule has 4 nitrogen and oxygen atoms in total. The Balaban J connectivity index is 3.47. The van der Waals surface area contributed by atoms with Gasteiger partial charge in [0.1, 0.15) is 28.9 Å². The van der Waals surface area contributed by atoms with Crippen LogP contribution in [0.15, 0.2) is 0 Å². The van der Waals surface area contributed by atoms with Crippen LogP contribution in [0.1, 0.15) is 27.7 Å². The first-order valence-corrected chi connectivity index (χ1v) is 9.13. The zero-order chi connectivity index (χ0) is 15.8. The molecule has 0 rings (SSSR count). The van der Waals surface area contributed by atoms with Gasteiger partial charge in [-0.1, -0.05) is 49.3 Å². The summed E-state index contributed by atoms with van der Waals surface area (Å²) in [7, 11) is 6.89. The third kappa shape index (κ3) is 9.64. The number of hydrogen-bond donors (Lipinski definition) is 0. The molecule has 0 aliphatic carbocycles. The van der Waals surface area contributed by atoms with Crippen LogP contribution in [0.2, 0.25) is 10.6 Å². The zero-order valence-electron chi connectivity index (χ0n) is 13.3. The molecule has 0 saturated carbocycles. The van der Waals surface area contributed by atoms with E-state index in [2.05, 4.69) is 0 Å². The molecule has 0 spiro atoms. The highest BCUT2D eigenvalue weighted by Gasteiger charge is 2.23. The Morgan fingerprint density at radius 2 is 1.15 bits per heavy atom. The summed E-state index contributed by atoms with van der Waals surface area (Å²) in [5.74, 6) is 1.11. The van der Waals surface area contributed by atoms with Gasteiger partial charge < -0.3 is 9.47 Å². The van der Waals surface area contributed by atoms with Crippen LogP contribution in [0, 0.1) is 0 Å². The number of carbonyl (C=O) groups excluding carboxylic acids is 2. The summed E-state index contributed by atoms with van der Waals surface area (Å²) in [5, 5.41) is -0.891. The largest absolute Gasteiger partial charge is 0.465 e. The lowest BCUT2D eigenvalue weighted by Crippen LogP contribution is -2.21. The van der Waals surface area contributed by atoms with Crippen molar-refractivity contribution in [3.8, 4) is 0 Å². The molecule has 0 radical (unpaired) electrons. The maximum Gasteiger partial charge on any atom is 0.303 e. The molecule has 0 amide bonds. The van der Waals surface area contributed by atoms with Crippen LogP contribution in [-0.4, -0.2) is 52.4 Å². The van der Waals surface area contributed by atoms with Crippen molar-refractivity contribution in [3.05, 3.63) is 0 Å². The summed E-state index contributed by atoms with van der Waals surface area (Å²) in [6, 6.07) is 0. The second kappa shape index (κ2) is 8.92. The SMILES string of the molecule is BC(C)(C)C(=O)OCCSSCCOC(=O)C(B)(C)C. The van der Waals surface area contributed by atoms with Gasteiger partial charge in [0.05, 0.1) is 0 Å². The van der Waals surface area contributed by atoms with Crippen LogP contribution < -0.4 is 0 Å². The molecule has 0 saturated heterocycles. The van der Waals surface area contributed by atoms with E-state index in [0.717, 1.165) is 11.5 Å². The fourth-order valence-corrected chi connectivity index (χ4v) is 2.54. The van der Waals surface area contributed by atoms with Gasteiger partial charge in [0.15, 0.2) is 0 Å². The molecule has 0 unspecified atom stereocenters. The molecule has 0 aliphatic rings. The number of rotatable bonds is 9. The van der Waals surface area contributed by atoms with Crippen LogP contribution in [0.4, 0.5) is 0 Å². The molecule has 8 heteroatoms. The van der Waals surface area contributed by atoms with E-state index in [4.69, 9.17) is 9.47 Å². The maximum absolute atomic E-state index is 11.5. The topological polar surface area (TPSA) is 52.6 Å². The minimum atomic E-state index is -0.445. The molecule has 0 fully saturated rings. The first kappa shape index (κ1) is 19.8. The second-order valence-corrected chi connectivity index (χ2v) is 9.12. The molecule has 20 heavy (non-hydrogen) atoms. The van der Waals surface area contributed by atoms with Gasteiger partial charge in [0.25, 0.3) is 0 Å². The lowest BCUT2D eigenvalue weighted by molar-refractivity contribution is -0.146. The van der Waals surface area contributed by atoms with Gasteiger partial charge in [-0.2, -0.15) is 0 Å². The highest BCUT2D eigenvalue weighted by molar-refractivity contribution is 8.76. The molecular weight excluding hydrogens is 294 g/mol. The van der Waals surface area contributed by atoms with Gasteiger partial charge in [-0.25, -0.2) is 0 Å². The highest BCUT2D eigenvalue weighted by Crippen LogP contribution is 2.24. The maximum atomic E-state index is 11.5. The monoisotopic (exact) mass is 318 g/mol. The molecule has 0 heterocycles. The Kier molecular flexibility index (Phi) is 8.82. The van der Waals surface area contributed by atoms with Crippen LogP contribution in [0.5, 0.6) is 0 Å². The van der Waals surface area contributed by atoms with E-state index in [0.29, 0.717) is 13.2 Å². The van der Waals surface area contributed by atoms with E-state index in [1.807, 2.05) is 43.4 Å². The fourth-order valence-electron chi connectivity index (χ4n) is 0.888. The molecule has 0 bridgehead atoms. The normalized spacial score (nSPS) is 12.0. The van der Waals surface area contributed by atoms with Crippen molar-refractivity contribution in [2.24, 2.45) is 0 Å². The summed E-state index contributed by atoms with van der Waals surface area (Å²) < 4.78 is 10.3. The van der Waals surface area contributed by atoms with Crippen molar-refractivity contribution in [2.75, 3.05) is 24.7 Å². The van der Waals surface area contributed by atoms with Crippen LogP contribution in [0.25, 0.3) is 0 Å². The predicted octanol–water partition coefficient (Wildman–Crippen LogP) is 1.12. The standard InChI is InChI=1S/C12H24B2O4S2/c1-11(2,13)9(15)17-5-7-19-20-8-6-18-10(16)12(3,4)14/h5-8,13-14H2,1-4H3. The van der Waals surface area contributed by atoms with Crippen LogP contribution in [0.3, 0.4) is 0 Å². The molecule has 0 aliphatic heterocycles. The van der Waals surface area contributed by atoms with Gasteiger partial charge in [-0.05, 0) is 0 Å². The second-order valence-electron chi connectivity index (χ2n) is 6.42. The smallest absolute Gasteiger partial charge is 0.303 e. The molecule has 114 valence electrons. The lowest BCUT2D eigenvalue weighted by atomic mass is 9.73. The first-order valence-electron chi connectivity index (χ1n) is 6.64. The summed E-state index contributed by atoms with van der Waals surface area (Å²) in [6.07, 6.45) is 0. The van der Waals surface area contributed by atoms with Gasteiger partial charge in [0, 0.05) is 22.1 Å². The molecule has 0 N–H and O–H groups in total. The number of ether oxygens (including phenoxy) is 2. The molecule has 0 atom stereocenters. The van der Waals surface area contributed by atoms with Crippen molar-refractivity contribution in [2.45, 2.75) is 38.3 Å². The van der Waals surface area contributed by atoms with Gasteiger partial charge in [0.2, 0.25) is 0 Å². The van der Waals surface area contributed by atoms with E-state index in [-0.39, 0.29) is 11.9 Å².